The van der Waals surface area contributed by atoms with Gasteiger partial charge in [-0.25, -0.2) is 4.79 Å². The van der Waals surface area contributed by atoms with Gasteiger partial charge in [-0.1, -0.05) is 42.3 Å². The molecule has 0 atom stereocenters. The highest BCUT2D eigenvalue weighted by Crippen LogP contribution is 2.28. The maximum atomic E-state index is 11.2. The van der Waals surface area contributed by atoms with Crippen molar-refractivity contribution in [3.8, 4) is 0 Å². The third-order valence-electron chi connectivity index (χ3n) is 3.78. The van der Waals surface area contributed by atoms with Crippen molar-refractivity contribution >= 4 is 40.1 Å². The molecule has 1 heterocycles. The van der Waals surface area contributed by atoms with Crippen molar-refractivity contribution in [2.45, 2.75) is 19.9 Å². The van der Waals surface area contributed by atoms with Gasteiger partial charge < -0.3 is 5.11 Å². The largest absolute Gasteiger partial charge is 0.478 e. The molecule has 0 aliphatic rings. The van der Waals surface area contributed by atoms with Crippen LogP contribution in [0.2, 0.25) is 10.0 Å². The Balaban J connectivity index is 2.16. The second-order valence-electron chi connectivity index (χ2n) is 5.20. The first-order valence-corrected chi connectivity index (χ1v) is 7.92. The summed E-state index contributed by atoms with van der Waals surface area (Å²) in [4.78, 5) is 11.2. The molecule has 0 aliphatic carbocycles. The predicted molar refractivity (Wildman–Crippen MR) is 91.6 cm³/mol. The standard InChI is InChI=1S/C17H14Cl2N2O2/c1-2-15-11-7-6-10(17(22)23)8-16(11)21(20-15)9-12-13(18)4-3-5-14(12)19/h3-8H,2,9H2,1H3,(H,22,23). The van der Waals surface area contributed by atoms with Crippen molar-refractivity contribution in [2.24, 2.45) is 0 Å². The molecular formula is C17H14Cl2N2O2. The lowest BCUT2D eigenvalue weighted by molar-refractivity contribution is 0.0697. The SMILES string of the molecule is CCc1nn(Cc2c(Cl)cccc2Cl)c2cc(C(=O)O)ccc12. The normalized spacial score (nSPS) is 11.1. The Morgan fingerprint density at radius 3 is 2.52 bits per heavy atom. The number of carboxylic acid groups (broad SMARTS) is 1. The van der Waals surface area contributed by atoms with Crippen LogP contribution in [0, 0.1) is 0 Å². The number of carboxylic acids is 1. The molecule has 4 nitrogen and oxygen atoms in total. The molecule has 23 heavy (non-hydrogen) atoms. The van der Waals surface area contributed by atoms with E-state index in [1.54, 1.807) is 41.1 Å². The molecule has 2 aromatic carbocycles. The number of fused-ring (bicyclic) bond motifs is 1. The van der Waals surface area contributed by atoms with Crippen molar-refractivity contribution in [3.05, 3.63) is 63.3 Å². The molecule has 6 heteroatoms. The Hall–Kier alpha value is -2.04. The van der Waals surface area contributed by atoms with Gasteiger partial charge in [0, 0.05) is 21.0 Å². The summed E-state index contributed by atoms with van der Waals surface area (Å²) in [6, 6.07) is 10.4. The van der Waals surface area contributed by atoms with E-state index in [-0.39, 0.29) is 5.56 Å². The van der Waals surface area contributed by atoms with Crippen LogP contribution < -0.4 is 0 Å². The minimum atomic E-state index is -0.964. The number of aromatic carboxylic acids is 1. The molecule has 3 rings (SSSR count). The van der Waals surface area contributed by atoms with Crippen LogP contribution in [0.3, 0.4) is 0 Å². The molecule has 0 radical (unpaired) electrons. The molecular weight excluding hydrogens is 335 g/mol. The highest BCUT2D eigenvalue weighted by atomic mass is 35.5. The molecule has 1 N–H and O–H groups in total. The van der Waals surface area contributed by atoms with E-state index < -0.39 is 5.97 Å². The quantitative estimate of drug-likeness (QED) is 0.746. The lowest BCUT2D eigenvalue weighted by Crippen LogP contribution is -2.04. The van der Waals surface area contributed by atoms with Gasteiger partial charge >= 0.3 is 5.97 Å². The minimum absolute atomic E-state index is 0.228. The van der Waals surface area contributed by atoms with Gasteiger partial charge in [0.05, 0.1) is 23.3 Å². The summed E-state index contributed by atoms with van der Waals surface area (Å²) >= 11 is 12.5. The number of aromatic nitrogens is 2. The summed E-state index contributed by atoms with van der Waals surface area (Å²) in [5.74, 6) is -0.964. The van der Waals surface area contributed by atoms with Gasteiger partial charge in [0.25, 0.3) is 0 Å². The fourth-order valence-electron chi connectivity index (χ4n) is 2.59. The van der Waals surface area contributed by atoms with Gasteiger partial charge in [-0.2, -0.15) is 5.10 Å². The first-order chi connectivity index (χ1) is 11.0. The van der Waals surface area contributed by atoms with Gasteiger partial charge in [-0.15, -0.1) is 0 Å². The summed E-state index contributed by atoms with van der Waals surface area (Å²) in [5.41, 5.74) is 2.67. The van der Waals surface area contributed by atoms with E-state index in [1.807, 2.05) is 6.92 Å². The molecule has 0 unspecified atom stereocenters. The monoisotopic (exact) mass is 348 g/mol. The van der Waals surface area contributed by atoms with E-state index in [1.165, 1.54) is 0 Å². The molecule has 0 bridgehead atoms. The average Bonchev–Trinajstić information content (AvgIpc) is 2.88. The Morgan fingerprint density at radius 2 is 1.91 bits per heavy atom. The molecule has 0 aliphatic heterocycles. The van der Waals surface area contributed by atoms with Crippen LogP contribution in [-0.2, 0) is 13.0 Å². The van der Waals surface area contributed by atoms with E-state index >= 15 is 0 Å². The number of hydrogen-bond donors (Lipinski definition) is 1. The van der Waals surface area contributed by atoms with Gasteiger partial charge in [0.1, 0.15) is 0 Å². The van der Waals surface area contributed by atoms with Crippen LogP contribution in [0.5, 0.6) is 0 Å². The van der Waals surface area contributed by atoms with Gasteiger partial charge in [-0.3, -0.25) is 4.68 Å². The number of nitrogens with zero attached hydrogens (tertiary/aromatic N) is 2. The molecule has 0 spiro atoms. The third kappa shape index (κ3) is 2.92. The maximum Gasteiger partial charge on any atom is 0.335 e. The predicted octanol–water partition coefficient (Wildman–Crippen LogP) is 4.65. The van der Waals surface area contributed by atoms with Gasteiger partial charge in [0.15, 0.2) is 0 Å². The van der Waals surface area contributed by atoms with Crippen LogP contribution in [0.1, 0.15) is 28.5 Å². The first kappa shape index (κ1) is 15.8. The molecule has 1 aromatic heterocycles. The van der Waals surface area contributed by atoms with E-state index in [0.717, 1.165) is 28.6 Å². The van der Waals surface area contributed by atoms with Gasteiger partial charge in [-0.05, 0) is 30.7 Å². The highest BCUT2D eigenvalue weighted by molar-refractivity contribution is 6.36. The van der Waals surface area contributed by atoms with E-state index in [4.69, 9.17) is 23.2 Å². The fraction of sp³-hybridized carbons (Fsp3) is 0.176. The molecule has 0 amide bonds. The smallest absolute Gasteiger partial charge is 0.335 e. The third-order valence-corrected chi connectivity index (χ3v) is 4.49. The Morgan fingerprint density at radius 1 is 1.22 bits per heavy atom. The molecule has 3 aromatic rings. The van der Waals surface area contributed by atoms with Crippen molar-refractivity contribution in [1.29, 1.82) is 0 Å². The lowest BCUT2D eigenvalue weighted by Gasteiger charge is -2.08. The van der Waals surface area contributed by atoms with Crippen LogP contribution in [0.4, 0.5) is 0 Å². The topological polar surface area (TPSA) is 55.1 Å². The zero-order valence-corrected chi connectivity index (χ0v) is 13.9. The Bertz CT molecular complexity index is 883. The molecule has 0 saturated carbocycles. The van der Waals surface area contributed by atoms with Crippen LogP contribution in [0.15, 0.2) is 36.4 Å². The van der Waals surface area contributed by atoms with Crippen molar-refractivity contribution in [3.63, 3.8) is 0 Å². The fourth-order valence-corrected chi connectivity index (χ4v) is 3.11. The number of benzene rings is 2. The van der Waals surface area contributed by atoms with Crippen molar-refractivity contribution in [2.75, 3.05) is 0 Å². The van der Waals surface area contributed by atoms with Gasteiger partial charge in [0.2, 0.25) is 0 Å². The lowest BCUT2D eigenvalue weighted by atomic mass is 10.1. The second-order valence-corrected chi connectivity index (χ2v) is 6.01. The average molecular weight is 349 g/mol. The van der Waals surface area contributed by atoms with Crippen molar-refractivity contribution in [1.82, 2.24) is 9.78 Å². The summed E-state index contributed by atoms with van der Waals surface area (Å²) in [6.07, 6.45) is 0.756. The van der Waals surface area contributed by atoms with Crippen LogP contribution in [-0.4, -0.2) is 20.9 Å². The number of carbonyl (C=O) groups is 1. The Kier molecular flexibility index (Phi) is 4.28. The van der Waals surface area contributed by atoms with E-state index in [0.29, 0.717) is 16.6 Å². The zero-order chi connectivity index (χ0) is 16.6. The first-order valence-electron chi connectivity index (χ1n) is 7.17. The van der Waals surface area contributed by atoms with E-state index in [2.05, 4.69) is 5.10 Å². The summed E-state index contributed by atoms with van der Waals surface area (Å²) in [7, 11) is 0. The van der Waals surface area contributed by atoms with E-state index in [9.17, 15) is 9.90 Å². The zero-order valence-electron chi connectivity index (χ0n) is 12.4. The molecule has 0 fully saturated rings. The Labute approximate surface area is 143 Å². The molecule has 0 saturated heterocycles. The van der Waals surface area contributed by atoms with Crippen molar-refractivity contribution < 1.29 is 9.90 Å². The summed E-state index contributed by atoms with van der Waals surface area (Å²) < 4.78 is 1.76. The summed E-state index contributed by atoms with van der Waals surface area (Å²) in [5, 5.41) is 15.9. The number of aryl methyl sites for hydroxylation is 1. The minimum Gasteiger partial charge on any atom is -0.478 e. The molecule has 118 valence electrons. The maximum absolute atomic E-state index is 11.2. The summed E-state index contributed by atoms with van der Waals surface area (Å²) in [6.45, 7) is 2.40. The number of rotatable bonds is 4. The number of hydrogen-bond acceptors (Lipinski definition) is 2. The van der Waals surface area contributed by atoms with Crippen LogP contribution >= 0.6 is 23.2 Å². The highest BCUT2D eigenvalue weighted by Gasteiger charge is 2.14. The number of halogens is 2. The van der Waals surface area contributed by atoms with Crippen LogP contribution in [0.25, 0.3) is 10.9 Å². The second kappa shape index (κ2) is 6.22.